The molecule has 0 atom stereocenters. The third-order valence-electron chi connectivity index (χ3n) is 2.08. The van der Waals surface area contributed by atoms with Crippen molar-refractivity contribution in [2.45, 2.75) is 20.3 Å². The summed E-state index contributed by atoms with van der Waals surface area (Å²) in [5.74, 6) is 0.691. The van der Waals surface area contributed by atoms with Crippen LogP contribution in [0.4, 0.5) is 5.69 Å². The van der Waals surface area contributed by atoms with Gasteiger partial charge in [0.15, 0.2) is 0 Å². The molecule has 0 spiro atoms. The van der Waals surface area contributed by atoms with Crippen molar-refractivity contribution in [1.29, 1.82) is 5.26 Å². The molecule has 0 radical (unpaired) electrons. The summed E-state index contributed by atoms with van der Waals surface area (Å²) in [6.45, 7) is 5.31. The Hall–Kier alpha value is -1.49. The van der Waals surface area contributed by atoms with Crippen molar-refractivity contribution < 1.29 is 0 Å². The molecule has 1 aromatic rings. The van der Waals surface area contributed by atoms with Gasteiger partial charge in [-0.15, -0.1) is 0 Å². The summed E-state index contributed by atoms with van der Waals surface area (Å²) in [5.41, 5.74) is 1.66. The second-order valence-corrected chi connectivity index (χ2v) is 3.77. The lowest BCUT2D eigenvalue weighted by molar-refractivity contribution is 0.607. The standard InChI is InChI=1S/C12H16N2/c1-10(2)7-8-14-12-6-4-3-5-11(12)9-13/h3-6,10,14H,7-8H2,1-2H3. The summed E-state index contributed by atoms with van der Waals surface area (Å²) in [6.07, 6.45) is 1.12. The molecule has 0 saturated heterocycles. The van der Waals surface area contributed by atoms with E-state index in [4.69, 9.17) is 5.26 Å². The second-order valence-electron chi connectivity index (χ2n) is 3.77. The van der Waals surface area contributed by atoms with Gasteiger partial charge in [-0.1, -0.05) is 26.0 Å². The molecule has 0 bridgehead atoms. The van der Waals surface area contributed by atoms with Crippen molar-refractivity contribution in [1.82, 2.24) is 0 Å². The number of para-hydroxylation sites is 1. The minimum Gasteiger partial charge on any atom is -0.384 e. The second kappa shape index (κ2) is 5.29. The maximum absolute atomic E-state index is 8.84. The summed E-state index contributed by atoms with van der Waals surface area (Å²) in [6, 6.07) is 9.77. The molecule has 0 heterocycles. The molecule has 0 amide bonds. The zero-order chi connectivity index (χ0) is 10.4. The number of hydrogen-bond donors (Lipinski definition) is 1. The molecular formula is C12H16N2. The van der Waals surface area contributed by atoms with Crippen molar-refractivity contribution in [2.75, 3.05) is 11.9 Å². The number of hydrogen-bond acceptors (Lipinski definition) is 2. The fraction of sp³-hybridized carbons (Fsp3) is 0.417. The Labute approximate surface area is 85.6 Å². The predicted molar refractivity (Wildman–Crippen MR) is 59.1 cm³/mol. The summed E-state index contributed by atoms with van der Waals surface area (Å²) in [7, 11) is 0. The molecule has 1 aromatic carbocycles. The third kappa shape index (κ3) is 3.10. The maximum Gasteiger partial charge on any atom is 0.101 e. The number of nitrogens with zero attached hydrogens (tertiary/aromatic N) is 1. The van der Waals surface area contributed by atoms with Crippen LogP contribution in [0.3, 0.4) is 0 Å². The van der Waals surface area contributed by atoms with Gasteiger partial charge in [0.1, 0.15) is 6.07 Å². The molecule has 0 unspecified atom stereocenters. The maximum atomic E-state index is 8.84. The van der Waals surface area contributed by atoms with Gasteiger partial charge in [-0.2, -0.15) is 5.26 Å². The van der Waals surface area contributed by atoms with Gasteiger partial charge in [0.25, 0.3) is 0 Å². The van der Waals surface area contributed by atoms with E-state index in [9.17, 15) is 0 Å². The number of nitriles is 1. The van der Waals surface area contributed by atoms with Crippen LogP contribution in [-0.2, 0) is 0 Å². The topological polar surface area (TPSA) is 35.8 Å². The van der Waals surface area contributed by atoms with Crippen molar-refractivity contribution in [3.63, 3.8) is 0 Å². The average Bonchev–Trinajstić information content (AvgIpc) is 2.18. The highest BCUT2D eigenvalue weighted by Crippen LogP contribution is 2.13. The van der Waals surface area contributed by atoms with Crippen molar-refractivity contribution >= 4 is 5.69 Å². The first kappa shape index (κ1) is 10.6. The van der Waals surface area contributed by atoms with Crippen LogP contribution in [0.2, 0.25) is 0 Å². The molecule has 74 valence electrons. The smallest absolute Gasteiger partial charge is 0.101 e. The molecule has 14 heavy (non-hydrogen) atoms. The van der Waals surface area contributed by atoms with E-state index in [1.165, 1.54) is 0 Å². The molecule has 1 rings (SSSR count). The Bertz CT molecular complexity index is 323. The van der Waals surface area contributed by atoms with E-state index in [-0.39, 0.29) is 0 Å². The molecule has 0 saturated carbocycles. The summed E-state index contributed by atoms with van der Waals surface area (Å²) in [5, 5.41) is 12.1. The van der Waals surface area contributed by atoms with Crippen LogP contribution in [0.5, 0.6) is 0 Å². The number of anilines is 1. The number of nitrogens with one attached hydrogen (secondary N) is 1. The quantitative estimate of drug-likeness (QED) is 0.788. The van der Waals surface area contributed by atoms with E-state index in [1.807, 2.05) is 24.3 Å². The minimum absolute atomic E-state index is 0.691. The minimum atomic E-state index is 0.691. The Morgan fingerprint density at radius 3 is 2.71 bits per heavy atom. The fourth-order valence-corrected chi connectivity index (χ4v) is 1.23. The zero-order valence-electron chi connectivity index (χ0n) is 8.75. The Morgan fingerprint density at radius 2 is 2.07 bits per heavy atom. The molecule has 0 aliphatic heterocycles. The van der Waals surface area contributed by atoms with Gasteiger partial charge in [-0.3, -0.25) is 0 Å². The van der Waals surface area contributed by atoms with Crippen LogP contribution in [0, 0.1) is 17.2 Å². The summed E-state index contributed by atoms with van der Waals surface area (Å²) in [4.78, 5) is 0. The monoisotopic (exact) mass is 188 g/mol. The molecule has 0 aliphatic rings. The van der Waals surface area contributed by atoms with E-state index in [2.05, 4.69) is 25.2 Å². The van der Waals surface area contributed by atoms with Crippen LogP contribution in [-0.4, -0.2) is 6.54 Å². The first-order valence-corrected chi connectivity index (χ1v) is 4.97. The van der Waals surface area contributed by atoms with E-state index >= 15 is 0 Å². The van der Waals surface area contributed by atoms with Crippen molar-refractivity contribution in [3.05, 3.63) is 29.8 Å². The number of benzene rings is 1. The lowest BCUT2D eigenvalue weighted by atomic mass is 10.1. The number of rotatable bonds is 4. The highest BCUT2D eigenvalue weighted by molar-refractivity contribution is 5.56. The molecular weight excluding hydrogens is 172 g/mol. The van der Waals surface area contributed by atoms with Crippen LogP contribution in [0.25, 0.3) is 0 Å². The summed E-state index contributed by atoms with van der Waals surface area (Å²) < 4.78 is 0. The molecule has 0 fully saturated rings. The van der Waals surface area contributed by atoms with Gasteiger partial charge in [-0.25, -0.2) is 0 Å². The SMILES string of the molecule is CC(C)CCNc1ccccc1C#N. The zero-order valence-corrected chi connectivity index (χ0v) is 8.75. The van der Waals surface area contributed by atoms with Crippen LogP contribution >= 0.6 is 0 Å². The van der Waals surface area contributed by atoms with Gasteiger partial charge in [0.05, 0.1) is 11.3 Å². The average molecular weight is 188 g/mol. The predicted octanol–water partition coefficient (Wildman–Crippen LogP) is 3.02. The Morgan fingerprint density at radius 1 is 1.36 bits per heavy atom. The fourth-order valence-electron chi connectivity index (χ4n) is 1.23. The van der Waals surface area contributed by atoms with Crippen molar-refractivity contribution in [2.24, 2.45) is 5.92 Å². The highest BCUT2D eigenvalue weighted by atomic mass is 14.9. The van der Waals surface area contributed by atoms with Gasteiger partial charge < -0.3 is 5.32 Å². The highest BCUT2D eigenvalue weighted by Gasteiger charge is 1.99. The molecule has 0 aromatic heterocycles. The first-order valence-electron chi connectivity index (χ1n) is 4.97. The van der Waals surface area contributed by atoms with Gasteiger partial charge in [-0.05, 0) is 24.5 Å². The molecule has 0 aliphatic carbocycles. The van der Waals surface area contributed by atoms with Crippen LogP contribution < -0.4 is 5.32 Å². The molecule has 1 N–H and O–H groups in total. The normalized spacial score (nSPS) is 9.86. The lowest BCUT2D eigenvalue weighted by Crippen LogP contribution is -2.05. The van der Waals surface area contributed by atoms with E-state index in [1.54, 1.807) is 0 Å². The largest absolute Gasteiger partial charge is 0.384 e. The third-order valence-corrected chi connectivity index (χ3v) is 2.08. The van der Waals surface area contributed by atoms with Gasteiger partial charge in [0.2, 0.25) is 0 Å². The van der Waals surface area contributed by atoms with Crippen molar-refractivity contribution in [3.8, 4) is 6.07 Å². The van der Waals surface area contributed by atoms with Crippen LogP contribution in [0.1, 0.15) is 25.8 Å². The lowest BCUT2D eigenvalue weighted by Gasteiger charge is -2.09. The first-order chi connectivity index (χ1) is 6.74. The van der Waals surface area contributed by atoms with E-state index in [0.29, 0.717) is 5.92 Å². The summed E-state index contributed by atoms with van der Waals surface area (Å²) >= 11 is 0. The molecule has 2 heteroatoms. The Balaban J connectivity index is 2.54. The van der Waals surface area contributed by atoms with E-state index < -0.39 is 0 Å². The molecule has 2 nitrogen and oxygen atoms in total. The van der Waals surface area contributed by atoms with E-state index in [0.717, 1.165) is 24.2 Å². The van der Waals surface area contributed by atoms with Crippen LogP contribution in [0.15, 0.2) is 24.3 Å². The Kier molecular flexibility index (Phi) is 4.00. The van der Waals surface area contributed by atoms with Gasteiger partial charge >= 0.3 is 0 Å². The van der Waals surface area contributed by atoms with Gasteiger partial charge in [0, 0.05) is 6.54 Å².